The summed E-state index contributed by atoms with van der Waals surface area (Å²) in [6, 6.07) is 5.40. The summed E-state index contributed by atoms with van der Waals surface area (Å²) in [6.07, 6.45) is 1.72. The molecule has 0 aromatic carbocycles. The summed E-state index contributed by atoms with van der Waals surface area (Å²) in [5, 5.41) is 13.3. The van der Waals surface area contributed by atoms with E-state index < -0.39 is 5.97 Å². The predicted octanol–water partition coefficient (Wildman–Crippen LogP) is 4.39. The third-order valence-corrected chi connectivity index (χ3v) is 5.01. The molecule has 0 saturated heterocycles. The molecule has 7 heteroatoms. The number of thiazole rings is 1. The van der Waals surface area contributed by atoms with Crippen molar-refractivity contribution in [3.8, 4) is 21.3 Å². The lowest BCUT2D eigenvalue weighted by Crippen LogP contribution is -1.91. The molecular weight excluding hydrogens is 360 g/mol. The number of carboxylic acid groups (broad SMARTS) is 1. The highest BCUT2D eigenvalue weighted by Gasteiger charge is 2.13. The number of nitrogens with zero attached hydrogens (tertiary/aromatic N) is 2. The summed E-state index contributed by atoms with van der Waals surface area (Å²) < 4.78 is 0.887. The molecule has 0 fully saturated rings. The van der Waals surface area contributed by atoms with E-state index in [0.717, 1.165) is 25.7 Å². The van der Waals surface area contributed by atoms with Crippen molar-refractivity contribution in [1.29, 1.82) is 0 Å². The molecule has 0 amide bonds. The topological polar surface area (TPSA) is 63.1 Å². The van der Waals surface area contributed by atoms with Gasteiger partial charge >= 0.3 is 5.97 Å². The van der Waals surface area contributed by atoms with Crippen molar-refractivity contribution in [2.24, 2.45) is 0 Å². The SMILES string of the molecule is O=C(O)c1csc(-c2csc(-c3ncccc3Br)n2)c1. The Balaban J connectivity index is 1.98. The minimum Gasteiger partial charge on any atom is -0.478 e. The molecule has 0 saturated carbocycles. The lowest BCUT2D eigenvalue weighted by Gasteiger charge is -1.97. The van der Waals surface area contributed by atoms with Crippen molar-refractivity contribution < 1.29 is 9.90 Å². The molecule has 1 N–H and O–H groups in total. The number of rotatable bonds is 3. The van der Waals surface area contributed by atoms with Gasteiger partial charge in [0.15, 0.2) is 0 Å². The Morgan fingerprint density at radius 3 is 2.85 bits per heavy atom. The first-order valence-electron chi connectivity index (χ1n) is 5.54. The second-order valence-electron chi connectivity index (χ2n) is 3.88. The molecule has 3 aromatic rings. The van der Waals surface area contributed by atoms with Gasteiger partial charge in [-0.25, -0.2) is 9.78 Å². The third kappa shape index (κ3) is 2.52. The van der Waals surface area contributed by atoms with Gasteiger partial charge in [0.05, 0.1) is 16.1 Å². The van der Waals surface area contributed by atoms with Crippen molar-refractivity contribution in [3.05, 3.63) is 45.2 Å². The number of carbonyl (C=O) groups is 1. The molecule has 0 bridgehead atoms. The van der Waals surface area contributed by atoms with Crippen LogP contribution in [0, 0.1) is 0 Å². The van der Waals surface area contributed by atoms with Gasteiger partial charge in [0.25, 0.3) is 0 Å². The van der Waals surface area contributed by atoms with Crippen molar-refractivity contribution >= 4 is 44.6 Å². The Kier molecular flexibility index (Phi) is 3.64. The van der Waals surface area contributed by atoms with Gasteiger partial charge < -0.3 is 5.11 Å². The number of hydrogen-bond donors (Lipinski definition) is 1. The lowest BCUT2D eigenvalue weighted by molar-refractivity contribution is 0.0697. The lowest BCUT2D eigenvalue weighted by atomic mass is 10.3. The molecular formula is C13H7BrN2O2S2. The fraction of sp³-hybridized carbons (Fsp3) is 0. The van der Waals surface area contributed by atoms with Crippen molar-refractivity contribution in [1.82, 2.24) is 9.97 Å². The minimum absolute atomic E-state index is 0.290. The fourth-order valence-electron chi connectivity index (χ4n) is 1.62. The van der Waals surface area contributed by atoms with Crippen LogP contribution in [0.15, 0.2) is 39.6 Å². The highest BCUT2D eigenvalue weighted by atomic mass is 79.9. The average molecular weight is 367 g/mol. The van der Waals surface area contributed by atoms with Gasteiger partial charge in [-0.3, -0.25) is 4.98 Å². The standard InChI is InChI=1S/C13H7BrN2O2S2/c14-8-2-1-3-15-11(8)12-16-9(6-20-12)10-4-7(5-19-10)13(17)18/h1-6H,(H,17,18). The van der Waals surface area contributed by atoms with E-state index >= 15 is 0 Å². The fourth-order valence-corrected chi connectivity index (χ4v) is 3.94. The van der Waals surface area contributed by atoms with E-state index in [0.29, 0.717) is 5.56 Å². The number of carboxylic acids is 1. The van der Waals surface area contributed by atoms with Crippen LogP contribution in [0.3, 0.4) is 0 Å². The molecule has 0 aliphatic carbocycles. The van der Waals surface area contributed by atoms with E-state index in [1.165, 1.54) is 22.7 Å². The average Bonchev–Trinajstić information content (AvgIpc) is 3.08. The van der Waals surface area contributed by atoms with Gasteiger partial charge in [-0.05, 0) is 34.1 Å². The van der Waals surface area contributed by atoms with Crippen LogP contribution >= 0.6 is 38.6 Å². The molecule has 0 unspecified atom stereocenters. The molecule has 20 heavy (non-hydrogen) atoms. The van der Waals surface area contributed by atoms with Crippen LogP contribution in [0.25, 0.3) is 21.3 Å². The molecule has 3 aromatic heterocycles. The monoisotopic (exact) mass is 366 g/mol. The Hall–Kier alpha value is -1.57. The maximum Gasteiger partial charge on any atom is 0.336 e. The molecule has 0 atom stereocenters. The zero-order valence-corrected chi connectivity index (χ0v) is 13.1. The summed E-state index contributed by atoms with van der Waals surface area (Å²) in [5.74, 6) is -0.921. The molecule has 0 aliphatic rings. The summed E-state index contributed by atoms with van der Waals surface area (Å²) >= 11 is 6.31. The minimum atomic E-state index is -0.921. The quantitative estimate of drug-likeness (QED) is 0.746. The van der Waals surface area contributed by atoms with Crippen molar-refractivity contribution in [2.45, 2.75) is 0 Å². The highest BCUT2D eigenvalue weighted by molar-refractivity contribution is 9.10. The number of hydrogen-bond acceptors (Lipinski definition) is 5. The smallest absolute Gasteiger partial charge is 0.336 e. The number of aromatic carboxylic acids is 1. The largest absolute Gasteiger partial charge is 0.478 e. The van der Waals surface area contributed by atoms with Gasteiger partial charge in [0.1, 0.15) is 10.7 Å². The summed E-state index contributed by atoms with van der Waals surface area (Å²) in [5.41, 5.74) is 1.86. The van der Waals surface area contributed by atoms with Crippen LogP contribution in [0.5, 0.6) is 0 Å². The number of aromatic nitrogens is 2. The van der Waals surface area contributed by atoms with Gasteiger partial charge in [0.2, 0.25) is 0 Å². The molecule has 3 rings (SSSR count). The number of pyridine rings is 1. The first kappa shape index (κ1) is 13.4. The number of halogens is 1. The van der Waals surface area contributed by atoms with Gasteiger partial charge in [-0.15, -0.1) is 22.7 Å². The van der Waals surface area contributed by atoms with Gasteiger partial charge in [-0.1, -0.05) is 0 Å². The normalized spacial score (nSPS) is 10.7. The van der Waals surface area contributed by atoms with Crippen LogP contribution in [0.2, 0.25) is 0 Å². The van der Waals surface area contributed by atoms with Crippen LogP contribution in [0.4, 0.5) is 0 Å². The maximum absolute atomic E-state index is 10.9. The van der Waals surface area contributed by atoms with Gasteiger partial charge in [-0.2, -0.15) is 0 Å². The van der Waals surface area contributed by atoms with E-state index in [1.54, 1.807) is 17.6 Å². The van der Waals surface area contributed by atoms with E-state index in [-0.39, 0.29) is 0 Å². The third-order valence-electron chi connectivity index (χ3n) is 2.56. The van der Waals surface area contributed by atoms with E-state index in [4.69, 9.17) is 5.11 Å². The second kappa shape index (κ2) is 5.43. The first-order chi connectivity index (χ1) is 9.65. The molecule has 0 aliphatic heterocycles. The predicted molar refractivity (Wildman–Crippen MR) is 83.3 cm³/mol. The first-order valence-corrected chi connectivity index (χ1v) is 8.09. The van der Waals surface area contributed by atoms with Crippen LogP contribution in [-0.2, 0) is 0 Å². The van der Waals surface area contributed by atoms with E-state index in [2.05, 4.69) is 25.9 Å². The molecule has 0 radical (unpaired) electrons. The molecule has 0 spiro atoms. The van der Waals surface area contributed by atoms with Crippen molar-refractivity contribution in [3.63, 3.8) is 0 Å². The Labute approximate surface area is 130 Å². The van der Waals surface area contributed by atoms with Crippen LogP contribution < -0.4 is 0 Å². The second-order valence-corrected chi connectivity index (χ2v) is 6.50. The summed E-state index contributed by atoms with van der Waals surface area (Å²) in [6.45, 7) is 0. The molecule has 4 nitrogen and oxygen atoms in total. The number of thiophene rings is 1. The Morgan fingerprint density at radius 2 is 2.15 bits per heavy atom. The highest BCUT2D eigenvalue weighted by Crippen LogP contribution is 2.34. The van der Waals surface area contributed by atoms with Gasteiger partial charge in [0, 0.05) is 21.4 Å². The summed E-state index contributed by atoms with van der Waals surface area (Å²) in [4.78, 5) is 20.6. The van der Waals surface area contributed by atoms with Crippen molar-refractivity contribution in [2.75, 3.05) is 0 Å². The van der Waals surface area contributed by atoms with E-state index in [9.17, 15) is 4.79 Å². The van der Waals surface area contributed by atoms with Crippen LogP contribution in [0.1, 0.15) is 10.4 Å². The molecule has 100 valence electrons. The Morgan fingerprint density at radius 1 is 1.30 bits per heavy atom. The van der Waals surface area contributed by atoms with Crippen LogP contribution in [-0.4, -0.2) is 21.0 Å². The van der Waals surface area contributed by atoms with E-state index in [1.807, 2.05) is 17.5 Å². The zero-order valence-electron chi connectivity index (χ0n) is 9.91. The maximum atomic E-state index is 10.9. The summed E-state index contributed by atoms with van der Waals surface area (Å²) in [7, 11) is 0. The Bertz CT molecular complexity index is 782. The zero-order chi connectivity index (χ0) is 14.1. The molecule has 3 heterocycles.